The normalized spacial score (nSPS) is 18.0. The van der Waals surface area contributed by atoms with E-state index in [1.807, 2.05) is 0 Å². The average molecular weight is 469 g/mol. The molecule has 0 spiro atoms. The molecule has 158 valence electrons. The summed E-state index contributed by atoms with van der Waals surface area (Å²) in [5.74, 6) is 0. The Hall–Kier alpha value is -1.19. The fraction of sp³-hybridized carbons (Fsp3) is 0.308. The van der Waals surface area contributed by atoms with E-state index in [-0.39, 0.29) is 0 Å². The summed E-state index contributed by atoms with van der Waals surface area (Å²) in [6, 6.07) is 21.4. The highest BCUT2D eigenvalue weighted by molar-refractivity contribution is 7.89. The second-order valence-electron chi connectivity index (χ2n) is 10.3. The van der Waals surface area contributed by atoms with Gasteiger partial charge in [0.15, 0.2) is 0 Å². The van der Waals surface area contributed by atoms with Crippen LogP contribution in [0.15, 0.2) is 90.5 Å². The fourth-order valence-electron chi connectivity index (χ4n) is 4.78. The van der Waals surface area contributed by atoms with E-state index in [9.17, 15) is 0 Å². The lowest BCUT2D eigenvalue weighted by molar-refractivity contribution is 1.31. The maximum Gasteiger partial charge on any atom is 0.0506 e. The number of rotatable bonds is 6. The summed E-state index contributed by atoms with van der Waals surface area (Å²) in [4.78, 5) is 0.731. The first-order valence-corrected chi connectivity index (χ1v) is 20.3. The number of benzene rings is 2. The molecule has 0 saturated heterocycles. The van der Waals surface area contributed by atoms with Gasteiger partial charge in [0.2, 0.25) is 0 Å². The van der Waals surface area contributed by atoms with Crippen LogP contribution in [0, 0.1) is 0 Å². The van der Waals surface area contributed by atoms with Crippen LogP contribution in [0.3, 0.4) is 0 Å². The molecule has 0 amide bonds. The van der Waals surface area contributed by atoms with Gasteiger partial charge in [-0.05, 0) is 34.5 Å². The molecule has 0 radical (unpaired) electrons. The lowest BCUT2D eigenvalue weighted by Crippen LogP contribution is -2.52. The predicted molar refractivity (Wildman–Crippen MR) is 144 cm³/mol. The maximum absolute atomic E-state index is 7.27. The van der Waals surface area contributed by atoms with Gasteiger partial charge < -0.3 is 0 Å². The SMILES string of the molecule is C[Si](C)(C)C(P(Cl)C1C=CC(=C(c2ccccc2)c2ccccc2)C=C1)[Si](C)(C)C. The Kier molecular flexibility index (Phi) is 7.46. The molecule has 1 atom stereocenters. The van der Waals surface area contributed by atoms with Gasteiger partial charge in [-0.2, -0.15) is 0 Å². The minimum absolute atomic E-state index is 0.363. The predicted octanol–water partition coefficient (Wildman–Crippen LogP) is 8.74. The van der Waals surface area contributed by atoms with Gasteiger partial charge in [0, 0.05) is 5.66 Å². The summed E-state index contributed by atoms with van der Waals surface area (Å²) in [6.45, 7) is 15.0. The molecule has 0 bridgehead atoms. The van der Waals surface area contributed by atoms with E-state index in [1.165, 1.54) is 22.3 Å². The summed E-state index contributed by atoms with van der Waals surface area (Å²) in [6.07, 6.45) is 9.35. The van der Waals surface area contributed by atoms with Gasteiger partial charge in [-0.1, -0.05) is 135 Å². The number of hydrogen-bond donors (Lipinski definition) is 0. The maximum atomic E-state index is 7.27. The third-order valence-electron chi connectivity index (χ3n) is 5.53. The van der Waals surface area contributed by atoms with Gasteiger partial charge in [0.1, 0.15) is 0 Å². The third kappa shape index (κ3) is 5.54. The number of halogens is 1. The van der Waals surface area contributed by atoms with Crippen LogP contribution in [0.2, 0.25) is 39.3 Å². The topological polar surface area (TPSA) is 0 Å². The van der Waals surface area contributed by atoms with Gasteiger partial charge in [-0.3, -0.25) is 0 Å². The Labute approximate surface area is 191 Å². The van der Waals surface area contributed by atoms with Crippen molar-refractivity contribution in [1.29, 1.82) is 0 Å². The van der Waals surface area contributed by atoms with Gasteiger partial charge >= 0.3 is 0 Å². The van der Waals surface area contributed by atoms with Crippen LogP contribution in [-0.2, 0) is 0 Å². The first-order chi connectivity index (χ1) is 14.1. The van der Waals surface area contributed by atoms with Crippen LogP contribution < -0.4 is 0 Å². The van der Waals surface area contributed by atoms with Crippen molar-refractivity contribution in [3.05, 3.63) is 102 Å². The monoisotopic (exact) mass is 468 g/mol. The van der Waals surface area contributed by atoms with Crippen LogP contribution in [-0.4, -0.2) is 26.7 Å². The average Bonchev–Trinajstić information content (AvgIpc) is 2.68. The van der Waals surface area contributed by atoms with Gasteiger partial charge in [-0.15, -0.1) is 0 Å². The molecule has 3 rings (SSSR count). The quantitative estimate of drug-likeness (QED) is 0.293. The molecule has 0 aromatic heterocycles. The van der Waals surface area contributed by atoms with Crippen molar-refractivity contribution < 1.29 is 0 Å². The number of hydrogen-bond acceptors (Lipinski definition) is 0. The molecule has 0 aliphatic heterocycles. The van der Waals surface area contributed by atoms with E-state index in [4.69, 9.17) is 11.2 Å². The van der Waals surface area contributed by atoms with E-state index in [0.717, 1.165) is 4.91 Å². The lowest BCUT2D eigenvalue weighted by Gasteiger charge is -2.43. The van der Waals surface area contributed by atoms with E-state index < -0.39 is 23.4 Å². The molecule has 1 unspecified atom stereocenters. The highest BCUT2D eigenvalue weighted by Gasteiger charge is 2.44. The van der Waals surface area contributed by atoms with E-state index in [2.05, 4.69) is 124 Å². The molecule has 0 heterocycles. The zero-order valence-corrected chi connectivity index (χ0v) is 22.7. The van der Waals surface area contributed by atoms with Crippen molar-refractivity contribution in [1.82, 2.24) is 0 Å². The molecule has 0 saturated carbocycles. The largest absolute Gasteiger partial charge is 0.0958 e. The minimum Gasteiger partial charge on any atom is -0.0958 e. The van der Waals surface area contributed by atoms with Gasteiger partial charge in [0.25, 0.3) is 0 Å². The van der Waals surface area contributed by atoms with E-state index in [1.54, 1.807) is 0 Å². The second-order valence-corrected chi connectivity index (χ2v) is 25.4. The fourth-order valence-corrected chi connectivity index (χ4v) is 28.6. The van der Waals surface area contributed by atoms with Gasteiger partial charge in [0.05, 0.1) is 16.1 Å². The van der Waals surface area contributed by atoms with Crippen molar-refractivity contribution in [3.8, 4) is 0 Å². The zero-order valence-electron chi connectivity index (χ0n) is 19.1. The van der Waals surface area contributed by atoms with Crippen molar-refractivity contribution in [2.75, 3.05) is 0 Å². The van der Waals surface area contributed by atoms with Crippen molar-refractivity contribution in [2.45, 2.75) is 49.8 Å². The van der Waals surface area contributed by atoms with Crippen LogP contribution in [0.25, 0.3) is 5.57 Å². The van der Waals surface area contributed by atoms with Crippen LogP contribution >= 0.6 is 18.5 Å². The van der Waals surface area contributed by atoms with Crippen LogP contribution in [0.5, 0.6) is 0 Å². The van der Waals surface area contributed by atoms with Crippen molar-refractivity contribution in [2.24, 2.45) is 0 Å². The second kappa shape index (κ2) is 9.53. The molecule has 4 heteroatoms. The number of allylic oxidation sites excluding steroid dienone is 5. The Morgan fingerprint density at radius 1 is 0.733 bits per heavy atom. The molecular weight excluding hydrogens is 435 g/mol. The molecule has 1 aliphatic carbocycles. The first kappa shape index (κ1) is 23.5. The van der Waals surface area contributed by atoms with Crippen molar-refractivity contribution in [3.63, 3.8) is 0 Å². The lowest BCUT2D eigenvalue weighted by atomic mass is 9.91. The summed E-state index contributed by atoms with van der Waals surface area (Å²) in [5.41, 5.74) is 5.42. The molecule has 0 N–H and O–H groups in total. The highest BCUT2D eigenvalue weighted by atomic mass is 35.7. The molecule has 1 aliphatic rings. The zero-order chi connectivity index (χ0) is 21.9. The Balaban J connectivity index is 1.98. The van der Waals surface area contributed by atoms with E-state index >= 15 is 0 Å². The standard InChI is InChI=1S/C26H34ClPSi2/c1-29(2,3)26(30(4,5)6)28(27)24-19-17-23(18-20-24)25(21-13-9-7-10-14-21)22-15-11-8-12-16-22/h7-20,24,26H,1-6H3. The molecule has 30 heavy (non-hydrogen) atoms. The Morgan fingerprint density at radius 2 is 1.13 bits per heavy atom. The Bertz CT molecular complexity index is 863. The molecule has 2 aromatic rings. The van der Waals surface area contributed by atoms with Crippen molar-refractivity contribution >= 4 is 40.2 Å². The highest BCUT2D eigenvalue weighted by Crippen LogP contribution is 2.58. The molecule has 0 fully saturated rings. The smallest absolute Gasteiger partial charge is 0.0506 e. The summed E-state index contributed by atoms with van der Waals surface area (Å²) >= 11 is 7.27. The van der Waals surface area contributed by atoms with Crippen LogP contribution in [0.4, 0.5) is 0 Å². The molecule has 0 nitrogen and oxygen atoms in total. The summed E-state index contributed by atoms with van der Waals surface area (Å²) in [7, 11) is -3.25. The van der Waals surface area contributed by atoms with E-state index in [0.29, 0.717) is 5.66 Å². The summed E-state index contributed by atoms with van der Waals surface area (Å²) in [5, 5.41) is 0. The molecular formula is C26H34ClPSi2. The Morgan fingerprint density at radius 3 is 1.50 bits per heavy atom. The molecule has 2 aromatic carbocycles. The minimum atomic E-state index is -1.33. The third-order valence-corrected chi connectivity index (χ3v) is 24.0. The van der Waals surface area contributed by atoms with Gasteiger partial charge in [-0.25, -0.2) is 0 Å². The van der Waals surface area contributed by atoms with Crippen LogP contribution in [0.1, 0.15) is 11.1 Å². The first-order valence-electron chi connectivity index (χ1n) is 10.7. The summed E-state index contributed by atoms with van der Waals surface area (Å²) < 4.78 is 0.